The van der Waals surface area contributed by atoms with Crippen LogP contribution in [0.15, 0.2) is 12.1 Å². The Morgan fingerprint density at radius 2 is 1.83 bits per heavy atom. The van der Waals surface area contributed by atoms with Gasteiger partial charge in [0, 0.05) is 22.6 Å². The average Bonchev–Trinajstić information content (AvgIpc) is 2.65. The zero-order valence-corrected chi connectivity index (χ0v) is 12.2. The number of carbonyl (C=O) groups excluding carboxylic acids is 1. The number of ketones is 1. The molecule has 0 radical (unpaired) electrons. The summed E-state index contributed by atoms with van der Waals surface area (Å²) >= 11 is 1.81. The number of aryl methyl sites for hydroxylation is 1. The van der Waals surface area contributed by atoms with Gasteiger partial charge in [-0.2, -0.15) is 0 Å². The maximum Gasteiger partial charge on any atom is 0.138 e. The second kappa shape index (κ2) is 7.08. The Morgan fingerprint density at radius 1 is 1.17 bits per heavy atom. The van der Waals surface area contributed by atoms with E-state index < -0.39 is 0 Å². The Labute approximate surface area is 115 Å². The van der Waals surface area contributed by atoms with E-state index in [2.05, 4.69) is 19.1 Å². The average molecular weight is 264 g/mol. The number of hydrogen-bond donors (Lipinski definition) is 0. The van der Waals surface area contributed by atoms with Crippen LogP contribution in [0.1, 0.15) is 61.6 Å². The van der Waals surface area contributed by atoms with Gasteiger partial charge in [0.25, 0.3) is 0 Å². The molecule has 2 rings (SSSR count). The normalized spacial score (nSPS) is 17.6. The zero-order chi connectivity index (χ0) is 12.8. The first-order valence-electron chi connectivity index (χ1n) is 7.37. The second-order valence-electron chi connectivity index (χ2n) is 5.50. The Bertz CT molecular complexity index is 372. The Balaban J connectivity index is 1.80. The minimum Gasteiger partial charge on any atom is -0.299 e. The molecular formula is C16H24OS. The molecule has 1 aromatic heterocycles. The van der Waals surface area contributed by atoms with Crippen LogP contribution < -0.4 is 0 Å². The summed E-state index contributed by atoms with van der Waals surface area (Å²) in [6.45, 7) is 2.17. The van der Waals surface area contributed by atoms with E-state index in [1.807, 2.05) is 0 Å². The summed E-state index contributed by atoms with van der Waals surface area (Å²) in [6, 6.07) is 4.30. The molecular weight excluding hydrogens is 240 g/mol. The minimum atomic E-state index is 0.450. The molecule has 1 saturated carbocycles. The summed E-state index contributed by atoms with van der Waals surface area (Å²) in [4.78, 5) is 14.7. The molecule has 1 nitrogen and oxygen atoms in total. The van der Waals surface area contributed by atoms with Crippen LogP contribution in [0.5, 0.6) is 0 Å². The van der Waals surface area contributed by atoms with Crippen molar-refractivity contribution in [2.24, 2.45) is 5.92 Å². The van der Waals surface area contributed by atoms with Gasteiger partial charge >= 0.3 is 0 Å². The number of carbonyl (C=O) groups is 1. The fraction of sp³-hybridized carbons (Fsp3) is 0.688. The molecule has 1 aliphatic rings. The molecule has 1 aliphatic carbocycles. The van der Waals surface area contributed by atoms with Crippen molar-refractivity contribution in [3.8, 4) is 0 Å². The first kappa shape index (κ1) is 13.8. The highest BCUT2D eigenvalue weighted by atomic mass is 32.1. The van der Waals surface area contributed by atoms with Gasteiger partial charge in [-0.05, 0) is 24.5 Å². The van der Waals surface area contributed by atoms with Gasteiger partial charge in [-0.3, -0.25) is 4.79 Å². The molecule has 0 N–H and O–H groups in total. The van der Waals surface area contributed by atoms with Crippen LogP contribution in [-0.2, 0) is 17.6 Å². The van der Waals surface area contributed by atoms with Crippen molar-refractivity contribution < 1.29 is 4.79 Å². The maximum absolute atomic E-state index is 12.1. The topological polar surface area (TPSA) is 17.1 Å². The summed E-state index contributed by atoms with van der Waals surface area (Å²) in [7, 11) is 0. The lowest BCUT2D eigenvalue weighted by atomic mass is 9.93. The summed E-state index contributed by atoms with van der Waals surface area (Å²) in [5.41, 5.74) is 0. The van der Waals surface area contributed by atoms with Gasteiger partial charge in [0.1, 0.15) is 5.78 Å². The molecule has 0 aromatic carbocycles. The molecule has 1 heterocycles. The lowest BCUT2D eigenvalue weighted by Gasteiger charge is -2.12. The summed E-state index contributed by atoms with van der Waals surface area (Å²) in [6.07, 6.45) is 10.5. The molecule has 0 aliphatic heterocycles. The van der Waals surface area contributed by atoms with E-state index in [0.29, 0.717) is 18.1 Å². The summed E-state index contributed by atoms with van der Waals surface area (Å²) in [5.74, 6) is 1.12. The molecule has 18 heavy (non-hydrogen) atoms. The third-order valence-electron chi connectivity index (χ3n) is 3.93. The monoisotopic (exact) mass is 264 g/mol. The van der Waals surface area contributed by atoms with Crippen molar-refractivity contribution in [3.63, 3.8) is 0 Å². The summed E-state index contributed by atoms with van der Waals surface area (Å²) < 4.78 is 0. The fourth-order valence-electron chi connectivity index (χ4n) is 2.86. The smallest absolute Gasteiger partial charge is 0.138 e. The van der Waals surface area contributed by atoms with Gasteiger partial charge in [0.2, 0.25) is 0 Å². The van der Waals surface area contributed by atoms with Crippen LogP contribution in [0.2, 0.25) is 0 Å². The lowest BCUT2D eigenvalue weighted by molar-refractivity contribution is -0.119. The van der Waals surface area contributed by atoms with Gasteiger partial charge in [-0.15, -0.1) is 11.3 Å². The first-order chi connectivity index (χ1) is 8.78. The standard InChI is InChI=1S/C16H24OS/c1-2-15-9-10-16(18-15)12-14(17)11-13-7-5-3-4-6-8-13/h9-10,13H,2-8,11-12H2,1H3. The van der Waals surface area contributed by atoms with Crippen LogP contribution in [-0.4, -0.2) is 5.78 Å². The zero-order valence-electron chi connectivity index (χ0n) is 11.4. The largest absolute Gasteiger partial charge is 0.299 e. The van der Waals surface area contributed by atoms with Crippen LogP contribution in [0.3, 0.4) is 0 Å². The van der Waals surface area contributed by atoms with Crippen LogP contribution >= 0.6 is 11.3 Å². The van der Waals surface area contributed by atoms with E-state index in [4.69, 9.17) is 0 Å². The van der Waals surface area contributed by atoms with Crippen molar-refractivity contribution >= 4 is 17.1 Å². The molecule has 0 unspecified atom stereocenters. The van der Waals surface area contributed by atoms with Gasteiger partial charge in [-0.25, -0.2) is 0 Å². The number of rotatable bonds is 5. The highest BCUT2D eigenvalue weighted by Gasteiger charge is 2.16. The van der Waals surface area contributed by atoms with E-state index >= 15 is 0 Å². The molecule has 1 aromatic rings. The molecule has 0 saturated heterocycles. The Hall–Kier alpha value is -0.630. The van der Waals surface area contributed by atoms with Crippen LogP contribution in [0, 0.1) is 5.92 Å². The third kappa shape index (κ3) is 4.24. The Kier molecular flexibility index (Phi) is 5.43. The molecule has 0 amide bonds. The second-order valence-corrected chi connectivity index (χ2v) is 6.75. The van der Waals surface area contributed by atoms with Crippen molar-refractivity contribution in [1.82, 2.24) is 0 Å². The van der Waals surface area contributed by atoms with Gasteiger partial charge < -0.3 is 0 Å². The van der Waals surface area contributed by atoms with Crippen LogP contribution in [0.25, 0.3) is 0 Å². The molecule has 2 heteroatoms. The SMILES string of the molecule is CCc1ccc(CC(=O)CC2CCCCCC2)s1. The number of Topliss-reactive ketones (excluding diaryl/α,β-unsaturated/α-hetero) is 1. The van der Waals surface area contributed by atoms with Crippen LogP contribution in [0.4, 0.5) is 0 Å². The predicted molar refractivity (Wildman–Crippen MR) is 78.2 cm³/mol. The van der Waals surface area contributed by atoms with Gasteiger partial charge in [0.15, 0.2) is 0 Å². The third-order valence-corrected chi connectivity index (χ3v) is 5.16. The minimum absolute atomic E-state index is 0.450. The maximum atomic E-state index is 12.1. The lowest BCUT2D eigenvalue weighted by Crippen LogP contribution is -2.09. The van der Waals surface area contributed by atoms with Crippen molar-refractivity contribution in [3.05, 3.63) is 21.9 Å². The molecule has 1 fully saturated rings. The number of hydrogen-bond acceptors (Lipinski definition) is 2. The first-order valence-corrected chi connectivity index (χ1v) is 8.19. The number of thiophene rings is 1. The highest BCUT2D eigenvalue weighted by Crippen LogP contribution is 2.26. The van der Waals surface area contributed by atoms with Gasteiger partial charge in [0.05, 0.1) is 0 Å². The molecule has 100 valence electrons. The van der Waals surface area contributed by atoms with Crippen molar-refractivity contribution in [2.45, 2.75) is 64.7 Å². The molecule has 0 spiro atoms. The molecule has 0 atom stereocenters. The van der Waals surface area contributed by atoms with E-state index in [9.17, 15) is 4.79 Å². The van der Waals surface area contributed by atoms with E-state index in [1.54, 1.807) is 11.3 Å². The van der Waals surface area contributed by atoms with E-state index in [-0.39, 0.29) is 0 Å². The van der Waals surface area contributed by atoms with Crippen molar-refractivity contribution in [1.29, 1.82) is 0 Å². The van der Waals surface area contributed by atoms with E-state index in [0.717, 1.165) is 12.8 Å². The molecule has 0 bridgehead atoms. The quantitative estimate of drug-likeness (QED) is 0.699. The van der Waals surface area contributed by atoms with Gasteiger partial charge in [-0.1, -0.05) is 45.4 Å². The van der Waals surface area contributed by atoms with Crippen molar-refractivity contribution in [2.75, 3.05) is 0 Å². The summed E-state index contributed by atoms with van der Waals surface area (Å²) in [5, 5.41) is 0. The predicted octanol–water partition coefficient (Wildman–Crippen LogP) is 4.78. The highest BCUT2D eigenvalue weighted by molar-refractivity contribution is 7.12. The fourth-order valence-corrected chi connectivity index (χ4v) is 3.85. The van der Waals surface area contributed by atoms with E-state index in [1.165, 1.54) is 48.3 Å². The Morgan fingerprint density at radius 3 is 2.44 bits per heavy atom.